The maximum atomic E-state index is 11.0. The Morgan fingerprint density at radius 2 is 2.21 bits per heavy atom. The van der Waals surface area contributed by atoms with Gasteiger partial charge in [-0.15, -0.1) is 0 Å². The van der Waals surface area contributed by atoms with Gasteiger partial charge in [0.15, 0.2) is 5.82 Å². The minimum Gasteiger partial charge on any atom is -0.477 e. The number of hydrogen-bond acceptors (Lipinski definition) is 5. The van der Waals surface area contributed by atoms with Crippen LogP contribution in [0.25, 0.3) is 0 Å². The lowest BCUT2D eigenvalue weighted by Crippen LogP contribution is -2.04. The van der Waals surface area contributed by atoms with Crippen molar-refractivity contribution >= 4 is 23.2 Å². The van der Waals surface area contributed by atoms with Gasteiger partial charge in [-0.25, -0.2) is 4.79 Å². The summed E-state index contributed by atoms with van der Waals surface area (Å²) in [5.74, 6) is -0.830. The molecule has 0 saturated heterocycles. The second-order valence-electron chi connectivity index (χ2n) is 3.79. The van der Waals surface area contributed by atoms with E-state index in [4.69, 9.17) is 5.11 Å². The molecule has 0 aliphatic rings. The summed E-state index contributed by atoms with van der Waals surface area (Å²) in [4.78, 5) is 21.0. The first kappa shape index (κ1) is 12.6. The van der Waals surface area contributed by atoms with Crippen LogP contribution in [-0.4, -0.2) is 25.8 Å². The number of benzene rings is 1. The van der Waals surface area contributed by atoms with E-state index in [-0.39, 0.29) is 5.56 Å². The van der Waals surface area contributed by atoms with Gasteiger partial charge in [-0.3, -0.25) is 14.8 Å². The molecule has 0 aliphatic carbocycles. The highest BCUT2D eigenvalue weighted by molar-refractivity contribution is 5.93. The first-order valence-electron chi connectivity index (χ1n) is 5.26. The lowest BCUT2D eigenvalue weighted by molar-refractivity contribution is -0.385. The van der Waals surface area contributed by atoms with Crippen LogP contribution in [0.4, 0.5) is 17.2 Å². The van der Waals surface area contributed by atoms with Crippen LogP contribution in [0.1, 0.15) is 10.4 Å². The van der Waals surface area contributed by atoms with Crippen molar-refractivity contribution in [3.05, 3.63) is 46.1 Å². The Labute approximate surface area is 107 Å². The van der Waals surface area contributed by atoms with Gasteiger partial charge in [0, 0.05) is 31.1 Å². The van der Waals surface area contributed by atoms with E-state index < -0.39 is 16.6 Å². The Hall–Kier alpha value is -2.90. The number of carboxylic acids is 1. The number of aryl methyl sites for hydroxylation is 1. The second kappa shape index (κ2) is 4.77. The fourth-order valence-electron chi connectivity index (χ4n) is 1.57. The molecule has 2 N–H and O–H groups in total. The van der Waals surface area contributed by atoms with Gasteiger partial charge in [0.2, 0.25) is 0 Å². The molecule has 98 valence electrons. The third-order valence-corrected chi connectivity index (χ3v) is 2.41. The highest BCUT2D eigenvalue weighted by atomic mass is 16.6. The molecule has 0 radical (unpaired) electrons. The third-order valence-electron chi connectivity index (χ3n) is 2.41. The number of nitro groups is 1. The minimum absolute atomic E-state index is 0.370. The van der Waals surface area contributed by atoms with Crippen molar-refractivity contribution in [2.45, 2.75) is 0 Å². The normalized spacial score (nSPS) is 10.2. The summed E-state index contributed by atoms with van der Waals surface area (Å²) in [6.07, 6.45) is 1.71. The van der Waals surface area contributed by atoms with E-state index in [0.29, 0.717) is 11.5 Å². The van der Waals surface area contributed by atoms with Crippen LogP contribution in [0.5, 0.6) is 0 Å². The first-order valence-corrected chi connectivity index (χ1v) is 5.26. The largest absolute Gasteiger partial charge is 0.477 e. The van der Waals surface area contributed by atoms with Crippen molar-refractivity contribution in [3.63, 3.8) is 0 Å². The molecule has 1 heterocycles. The number of nitrogens with one attached hydrogen (secondary N) is 1. The van der Waals surface area contributed by atoms with E-state index in [0.717, 1.165) is 6.07 Å². The lowest BCUT2D eigenvalue weighted by atomic mass is 10.1. The van der Waals surface area contributed by atoms with Crippen LogP contribution in [-0.2, 0) is 7.05 Å². The van der Waals surface area contributed by atoms with E-state index >= 15 is 0 Å². The first-order chi connectivity index (χ1) is 8.97. The molecule has 0 saturated carbocycles. The second-order valence-corrected chi connectivity index (χ2v) is 3.79. The quantitative estimate of drug-likeness (QED) is 0.641. The van der Waals surface area contributed by atoms with E-state index in [1.165, 1.54) is 12.1 Å². The fourth-order valence-corrected chi connectivity index (χ4v) is 1.57. The van der Waals surface area contributed by atoms with Crippen LogP contribution in [0.3, 0.4) is 0 Å². The summed E-state index contributed by atoms with van der Waals surface area (Å²) in [7, 11) is 1.74. The number of anilines is 2. The van der Waals surface area contributed by atoms with Crippen molar-refractivity contribution < 1.29 is 14.8 Å². The molecular formula is C11H10N4O4. The average Bonchev–Trinajstić information content (AvgIpc) is 2.74. The summed E-state index contributed by atoms with van der Waals surface area (Å²) in [5, 5.41) is 26.6. The summed E-state index contributed by atoms with van der Waals surface area (Å²) >= 11 is 0. The number of carbonyl (C=O) groups is 1. The van der Waals surface area contributed by atoms with Gasteiger partial charge in [0.1, 0.15) is 5.56 Å². The Bertz CT molecular complexity index is 650. The number of nitrogens with zero attached hydrogens (tertiary/aromatic N) is 3. The van der Waals surface area contributed by atoms with E-state index in [1.54, 1.807) is 24.0 Å². The van der Waals surface area contributed by atoms with Gasteiger partial charge in [-0.05, 0) is 12.1 Å². The van der Waals surface area contributed by atoms with Crippen LogP contribution in [0, 0.1) is 10.1 Å². The standard InChI is InChI=1S/C11H10N4O4/c1-14-5-4-10(13-14)12-7-2-3-9(15(18)19)8(6-7)11(16)17/h2-6H,1H3,(H,12,13)(H,16,17). The molecule has 8 heteroatoms. The summed E-state index contributed by atoms with van der Waals surface area (Å²) < 4.78 is 1.58. The van der Waals surface area contributed by atoms with E-state index in [1.807, 2.05) is 0 Å². The molecule has 0 spiro atoms. The SMILES string of the molecule is Cn1ccc(Nc2ccc([N+](=O)[O-])c(C(=O)O)c2)n1. The lowest BCUT2D eigenvalue weighted by Gasteiger charge is -2.04. The van der Waals surface area contributed by atoms with Gasteiger partial charge in [0.25, 0.3) is 5.69 Å². The van der Waals surface area contributed by atoms with Crippen LogP contribution >= 0.6 is 0 Å². The number of aromatic nitrogens is 2. The molecule has 0 aliphatic heterocycles. The molecule has 0 fully saturated rings. The Balaban J connectivity index is 2.35. The smallest absolute Gasteiger partial charge is 0.342 e. The van der Waals surface area contributed by atoms with Gasteiger partial charge in [0.05, 0.1) is 4.92 Å². The highest BCUT2D eigenvalue weighted by Gasteiger charge is 2.20. The molecule has 0 bridgehead atoms. The van der Waals surface area contributed by atoms with Gasteiger partial charge in [-0.1, -0.05) is 0 Å². The predicted molar refractivity (Wildman–Crippen MR) is 66.5 cm³/mol. The maximum Gasteiger partial charge on any atom is 0.342 e. The van der Waals surface area contributed by atoms with Crippen molar-refractivity contribution in [3.8, 4) is 0 Å². The monoisotopic (exact) mass is 262 g/mol. The zero-order chi connectivity index (χ0) is 14.0. The molecule has 1 aromatic heterocycles. The zero-order valence-corrected chi connectivity index (χ0v) is 9.90. The highest BCUT2D eigenvalue weighted by Crippen LogP contribution is 2.24. The maximum absolute atomic E-state index is 11.0. The minimum atomic E-state index is -1.35. The number of aromatic carboxylic acids is 1. The fraction of sp³-hybridized carbons (Fsp3) is 0.0909. The number of hydrogen-bond donors (Lipinski definition) is 2. The Kier molecular flexibility index (Phi) is 3.15. The average molecular weight is 262 g/mol. The number of carboxylic acid groups (broad SMARTS) is 1. The zero-order valence-electron chi connectivity index (χ0n) is 9.90. The van der Waals surface area contributed by atoms with Gasteiger partial charge in [-0.2, -0.15) is 5.10 Å². The molecule has 1 aromatic carbocycles. The van der Waals surface area contributed by atoms with Crippen molar-refractivity contribution in [2.75, 3.05) is 5.32 Å². The van der Waals surface area contributed by atoms with Crippen molar-refractivity contribution in [2.24, 2.45) is 7.05 Å². The Morgan fingerprint density at radius 1 is 1.47 bits per heavy atom. The molecule has 8 nitrogen and oxygen atoms in total. The molecule has 2 aromatic rings. The predicted octanol–water partition coefficient (Wildman–Crippen LogP) is 1.77. The molecule has 0 atom stereocenters. The summed E-state index contributed by atoms with van der Waals surface area (Å²) in [5.41, 5.74) is -0.397. The van der Waals surface area contributed by atoms with E-state index in [9.17, 15) is 14.9 Å². The van der Waals surface area contributed by atoms with Gasteiger partial charge >= 0.3 is 5.97 Å². The Morgan fingerprint density at radius 3 is 2.74 bits per heavy atom. The van der Waals surface area contributed by atoms with Crippen LogP contribution in [0.15, 0.2) is 30.5 Å². The topological polar surface area (TPSA) is 110 Å². The molecule has 0 amide bonds. The van der Waals surface area contributed by atoms with Crippen molar-refractivity contribution in [1.82, 2.24) is 9.78 Å². The third kappa shape index (κ3) is 2.68. The number of nitro benzene ring substituents is 1. The molecule has 2 rings (SSSR count). The molecule has 0 unspecified atom stereocenters. The summed E-state index contributed by atoms with van der Waals surface area (Å²) in [6, 6.07) is 5.48. The van der Waals surface area contributed by atoms with Crippen molar-refractivity contribution in [1.29, 1.82) is 0 Å². The number of rotatable bonds is 4. The van der Waals surface area contributed by atoms with Crippen LogP contribution in [0.2, 0.25) is 0 Å². The molecule has 19 heavy (non-hydrogen) atoms. The molecular weight excluding hydrogens is 252 g/mol. The van der Waals surface area contributed by atoms with Crippen LogP contribution < -0.4 is 5.32 Å². The van der Waals surface area contributed by atoms with E-state index in [2.05, 4.69) is 10.4 Å². The summed E-state index contributed by atoms with van der Waals surface area (Å²) in [6.45, 7) is 0. The van der Waals surface area contributed by atoms with Gasteiger partial charge < -0.3 is 10.4 Å².